The molecule has 0 fully saturated rings. The number of nitrogens with one attached hydrogen (secondary N) is 2. The number of benzene rings is 2. The molecule has 0 saturated heterocycles. The molecule has 0 bridgehead atoms. The van der Waals surface area contributed by atoms with Crippen LogP contribution in [0.25, 0.3) is 0 Å². The number of fused-ring (bicyclic) bond motifs is 1. The lowest BCUT2D eigenvalue weighted by Gasteiger charge is -2.16. The molecule has 0 radical (unpaired) electrons. The van der Waals surface area contributed by atoms with Crippen LogP contribution in [0.4, 0.5) is 10.5 Å². The van der Waals surface area contributed by atoms with Gasteiger partial charge in [-0.1, -0.05) is 49.7 Å². The summed E-state index contributed by atoms with van der Waals surface area (Å²) in [5.74, 6) is 0. The molecule has 0 heterocycles. The highest BCUT2D eigenvalue weighted by Crippen LogP contribution is 2.30. The summed E-state index contributed by atoms with van der Waals surface area (Å²) < 4.78 is 0. The molecule has 3 nitrogen and oxygen atoms in total. The molecule has 3 heteroatoms. The van der Waals surface area contributed by atoms with Gasteiger partial charge in [0.2, 0.25) is 0 Å². The number of hydrogen-bond acceptors (Lipinski definition) is 1. The van der Waals surface area contributed by atoms with Crippen molar-refractivity contribution in [1.29, 1.82) is 0 Å². The molecule has 126 valence electrons. The van der Waals surface area contributed by atoms with E-state index in [1.54, 1.807) is 0 Å². The first-order valence-electron chi connectivity index (χ1n) is 8.92. The largest absolute Gasteiger partial charge is 0.331 e. The lowest BCUT2D eigenvalue weighted by atomic mass is 10.0. The number of hydrogen-bond donors (Lipinski definition) is 2. The summed E-state index contributed by atoms with van der Waals surface area (Å²) >= 11 is 0. The Kier molecular flexibility index (Phi) is 5.19. The third kappa shape index (κ3) is 3.78. The van der Waals surface area contributed by atoms with E-state index in [0.29, 0.717) is 0 Å². The van der Waals surface area contributed by atoms with Crippen LogP contribution in [0.1, 0.15) is 54.5 Å². The molecule has 0 saturated carbocycles. The second kappa shape index (κ2) is 7.52. The maximum absolute atomic E-state index is 12.4. The van der Waals surface area contributed by atoms with Crippen LogP contribution in [0.15, 0.2) is 42.5 Å². The molecule has 0 spiro atoms. The highest BCUT2D eigenvalue weighted by molar-refractivity contribution is 5.90. The first-order valence-corrected chi connectivity index (χ1v) is 8.92. The quantitative estimate of drug-likeness (QED) is 0.785. The Labute approximate surface area is 144 Å². The summed E-state index contributed by atoms with van der Waals surface area (Å²) in [5.41, 5.74) is 5.94. The van der Waals surface area contributed by atoms with E-state index in [-0.39, 0.29) is 12.1 Å². The van der Waals surface area contributed by atoms with Gasteiger partial charge in [-0.25, -0.2) is 4.79 Å². The molecule has 2 aromatic rings. The van der Waals surface area contributed by atoms with Gasteiger partial charge in [0, 0.05) is 5.69 Å². The zero-order valence-corrected chi connectivity index (χ0v) is 14.6. The minimum atomic E-state index is -0.124. The molecule has 24 heavy (non-hydrogen) atoms. The van der Waals surface area contributed by atoms with Crippen LogP contribution in [0.3, 0.4) is 0 Å². The zero-order chi connectivity index (χ0) is 16.9. The fraction of sp³-hybridized carbons (Fsp3) is 0.381. The van der Waals surface area contributed by atoms with Crippen LogP contribution in [0.2, 0.25) is 0 Å². The van der Waals surface area contributed by atoms with Gasteiger partial charge in [-0.2, -0.15) is 0 Å². The van der Waals surface area contributed by atoms with Crippen LogP contribution in [-0.4, -0.2) is 6.03 Å². The molecule has 3 rings (SSSR count). The number of carbonyl (C=O) groups is 1. The lowest BCUT2D eigenvalue weighted by Crippen LogP contribution is -2.31. The summed E-state index contributed by atoms with van der Waals surface area (Å²) in [5, 5.41) is 6.11. The van der Waals surface area contributed by atoms with Crippen LogP contribution in [0, 0.1) is 6.92 Å². The Balaban J connectivity index is 1.61. The topological polar surface area (TPSA) is 41.1 Å². The molecular formula is C21H26N2O. The van der Waals surface area contributed by atoms with Crippen molar-refractivity contribution in [2.75, 3.05) is 5.32 Å². The molecule has 1 atom stereocenters. The predicted octanol–water partition coefficient (Wildman–Crippen LogP) is 5.15. The van der Waals surface area contributed by atoms with Gasteiger partial charge in [0.15, 0.2) is 0 Å². The molecule has 2 amide bonds. The molecule has 0 aromatic heterocycles. The lowest BCUT2D eigenvalue weighted by molar-refractivity contribution is 0.248. The van der Waals surface area contributed by atoms with Crippen LogP contribution < -0.4 is 10.6 Å². The van der Waals surface area contributed by atoms with Crippen molar-refractivity contribution in [2.45, 2.75) is 52.0 Å². The van der Waals surface area contributed by atoms with Crippen molar-refractivity contribution in [3.8, 4) is 0 Å². The van der Waals surface area contributed by atoms with Gasteiger partial charge < -0.3 is 10.6 Å². The minimum Gasteiger partial charge on any atom is -0.331 e. The van der Waals surface area contributed by atoms with E-state index in [9.17, 15) is 4.79 Å². The summed E-state index contributed by atoms with van der Waals surface area (Å²) in [6.45, 7) is 4.25. The highest BCUT2D eigenvalue weighted by Gasteiger charge is 2.23. The monoisotopic (exact) mass is 322 g/mol. The predicted molar refractivity (Wildman–Crippen MR) is 99.4 cm³/mol. The Morgan fingerprint density at radius 1 is 1.21 bits per heavy atom. The minimum absolute atomic E-state index is 0.116. The third-order valence-electron chi connectivity index (χ3n) is 4.80. The van der Waals surface area contributed by atoms with Crippen LogP contribution in [0.5, 0.6) is 0 Å². The molecule has 1 unspecified atom stereocenters. The first-order chi connectivity index (χ1) is 11.7. The SMILES string of the molecule is CCCCc1ccc(NC(=O)NC2CCc3ccccc32)c(C)c1. The smallest absolute Gasteiger partial charge is 0.319 e. The Bertz CT molecular complexity index is 724. The number of rotatable bonds is 5. The second-order valence-corrected chi connectivity index (χ2v) is 6.64. The number of aryl methyl sites for hydroxylation is 3. The van der Waals surface area contributed by atoms with E-state index in [1.165, 1.54) is 29.5 Å². The highest BCUT2D eigenvalue weighted by atomic mass is 16.2. The van der Waals surface area contributed by atoms with Crippen molar-refractivity contribution < 1.29 is 4.79 Å². The zero-order valence-electron chi connectivity index (χ0n) is 14.6. The van der Waals surface area contributed by atoms with Gasteiger partial charge in [-0.3, -0.25) is 0 Å². The molecule has 0 aliphatic heterocycles. The van der Waals surface area contributed by atoms with Gasteiger partial charge in [-0.15, -0.1) is 0 Å². The van der Waals surface area contributed by atoms with Gasteiger partial charge in [0.1, 0.15) is 0 Å². The Morgan fingerprint density at radius 2 is 2.04 bits per heavy atom. The van der Waals surface area contributed by atoms with Gasteiger partial charge in [0.05, 0.1) is 6.04 Å². The number of amides is 2. The van der Waals surface area contributed by atoms with E-state index in [2.05, 4.69) is 54.8 Å². The van der Waals surface area contributed by atoms with Crippen molar-refractivity contribution in [1.82, 2.24) is 5.32 Å². The molecule has 1 aliphatic carbocycles. The fourth-order valence-electron chi connectivity index (χ4n) is 3.43. The van der Waals surface area contributed by atoms with Crippen LogP contribution >= 0.6 is 0 Å². The standard InChI is InChI=1S/C21H26N2O/c1-3-4-7-16-10-12-19(15(2)14-16)22-21(24)23-20-13-11-17-8-5-6-9-18(17)20/h5-6,8-10,12,14,20H,3-4,7,11,13H2,1-2H3,(H2,22,23,24). The van der Waals surface area contributed by atoms with Crippen molar-refractivity contribution in [2.24, 2.45) is 0 Å². The maximum atomic E-state index is 12.4. The fourth-order valence-corrected chi connectivity index (χ4v) is 3.43. The number of carbonyl (C=O) groups excluding carboxylic acids is 1. The average molecular weight is 322 g/mol. The van der Waals surface area contributed by atoms with Crippen LogP contribution in [-0.2, 0) is 12.8 Å². The third-order valence-corrected chi connectivity index (χ3v) is 4.80. The number of anilines is 1. The average Bonchev–Trinajstić information content (AvgIpc) is 2.98. The summed E-state index contributed by atoms with van der Waals surface area (Å²) in [6, 6.07) is 14.7. The summed E-state index contributed by atoms with van der Waals surface area (Å²) in [6.07, 6.45) is 5.51. The van der Waals surface area contributed by atoms with E-state index in [4.69, 9.17) is 0 Å². The van der Waals surface area contributed by atoms with Gasteiger partial charge in [-0.05, 0) is 60.9 Å². The van der Waals surface area contributed by atoms with Gasteiger partial charge in [0.25, 0.3) is 0 Å². The summed E-state index contributed by atoms with van der Waals surface area (Å²) in [7, 11) is 0. The molecule has 2 N–H and O–H groups in total. The normalized spacial score (nSPS) is 15.8. The maximum Gasteiger partial charge on any atom is 0.319 e. The van der Waals surface area contributed by atoms with Crippen molar-refractivity contribution in [3.05, 3.63) is 64.7 Å². The Morgan fingerprint density at radius 3 is 2.83 bits per heavy atom. The molecule has 1 aliphatic rings. The van der Waals surface area contributed by atoms with E-state index in [0.717, 1.165) is 30.5 Å². The molecule has 2 aromatic carbocycles. The van der Waals surface area contributed by atoms with E-state index in [1.807, 2.05) is 12.1 Å². The Hall–Kier alpha value is -2.29. The summed E-state index contributed by atoms with van der Waals surface area (Å²) in [4.78, 5) is 12.4. The first kappa shape index (κ1) is 16.6. The van der Waals surface area contributed by atoms with E-state index < -0.39 is 0 Å². The second-order valence-electron chi connectivity index (χ2n) is 6.64. The molecular weight excluding hydrogens is 296 g/mol. The number of unbranched alkanes of at least 4 members (excludes halogenated alkanes) is 1. The van der Waals surface area contributed by atoms with Crippen molar-refractivity contribution in [3.63, 3.8) is 0 Å². The van der Waals surface area contributed by atoms with Crippen molar-refractivity contribution >= 4 is 11.7 Å². The number of urea groups is 1. The van der Waals surface area contributed by atoms with Gasteiger partial charge >= 0.3 is 6.03 Å². The van der Waals surface area contributed by atoms with E-state index >= 15 is 0 Å².